The minimum absolute atomic E-state index is 0.0726. The Balaban J connectivity index is 1.04. The van der Waals surface area contributed by atoms with Gasteiger partial charge in [-0.05, 0) is 92.1 Å². The molecular weight excluding hydrogens is 677 g/mol. The SMILES string of the molecule is Cc1c(-c2nc3cc(CCC4(C(=O)O)CCNC4)cc(C#N)c3o2)cccc1-c1cccc(-c2nc3c(s2)CN(C(=O)CN2CCC(O)C2)C3)c1C. The number of likely N-dealkylation sites (tertiary alicyclic amines) is 1. The summed E-state index contributed by atoms with van der Waals surface area (Å²) in [7, 11) is 0. The Hall–Kier alpha value is -4.93. The van der Waals surface area contributed by atoms with Crippen LogP contribution in [0.25, 0.3) is 44.3 Å². The highest BCUT2D eigenvalue weighted by atomic mass is 32.1. The average Bonchev–Trinajstić information content (AvgIpc) is 3.97. The molecule has 0 radical (unpaired) electrons. The predicted molar refractivity (Wildman–Crippen MR) is 197 cm³/mol. The van der Waals surface area contributed by atoms with Gasteiger partial charge in [0.1, 0.15) is 16.6 Å². The quantitative estimate of drug-likeness (QED) is 0.174. The molecule has 5 heterocycles. The zero-order valence-corrected chi connectivity index (χ0v) is 30.1. The number of carbonyl (C=O) groups excluding carboxylic acids is 1. The van der Waals surface area contributed by atoms with Crippen molar-refractivity contribution in [1.29, 1.82) is 5.26 Å². The molecule has 2 unspecified atom stereocenters. The first-order valence-corrected chi connectivity index (χ1v) is 18.6. The largest absolute Gasteiger partial charge is 0.481 e. The number of rotatable bonds is 9. The average molecular weight is 717 g/mol. The number of fused-ring (bicyclic) bond motifs is 2. The topological polar surface area (TPSA) is 156 Å². The van der Waals surface area contributed by atoms with Crippen molar-refractivity contribution < 1.29 is 24.2 Å². The zero-order valence-electron chi connectivity index (χ0n) is 29.2. The number of nitriles is 1. The third kappa shape index (κ3) is 6.17. The van der Waals surface area contributed by atoms with Crippen molar-refractivity contribution in [3.05, 3.63) is 81.4 Å². The van der Waals surface area contributed by atoms with Gasteiger partial charge in [-0.2, -0.15) is 5.26 Å². The van der Waals surface area contributed by atoms with E-state index >= 15 is 0 Å². The van der Waals surface area contributed by atoms with E-state index in [4.69, 9.17) is 14.4 Å². The van der Waals surface area contributed by atoms with Gasteiger partial charge < -0.3 is 24.8 Å². The molecule has 3 aliphatic heterocycles. The maximum atomic E-state index is 13.0. The number of hydrogen-bond acceptors (Lipinski definition) is 10. The number of benzene rings is 3. The minimum atomic E-state index is -0.801. The molecule has 8 rings (SSSR count). The fourth-order valence-electron chi connectivity index (χ4n) is 7.96. The normalized spacial score (nSPS) is 20.1. The highest BCUT2D eigenvalue weighted by Crippen LogP contribution is 2.41. The monoisotopic (exact) mass is 716 g/mol. The van der Waals surface area contributed by atoms with Crippen molar-refractivity contribution in [3.8, 4) is 39.2 Å². The van der Waals surface area contributed by atoms with Gasteiger partial charge in [-0.25, -0.2) is 9.97 Å². The first-order valence-electron chi connectivity index (χ1n) is 17.8. The van der Waals surface area contributed by atoms with Crippen molar-refractivity contribution in [1.82, 2.24) is 25.1 Å². The van der Waals surface area contributed by atoms with Gasteiger partial charge in [0.2, 0.25) is 11.8 Å². The molecule has 52 heavy (non-hydrogen) atoms. The lowest BCUT2D eigenvalue weighted by Gasteiger charge is -2.22. The predicted octanol–water partition coefficient (Wildman–Crippen LogP) is 5.68. The highest BCUT2D eigenvalue weighted by Gasteiger charge is 2.41. The van der Waals surface area contributed by atoms with Gasteiger partial charge in [-0.1, -0.05) is 30.3 Å². The van der Waals surface area contributed by atoms with Crippen LogP contribution in [-0.4, -0.2) is 80.7 Å². The van der Waals surface area contributed by atoms with E-state index < -0.39 is 11.4 Å². The van der Waals surface area contributed by atoms with Crippen LogP contribution in [0.1, 0.15) is 52.1 Å². The van der Waals surface area contributed by atoms with E-state index in [-0.39, 0.29) is 12.0 Å². The number of carboxylic acid groups (broad SMARTS) is 1. The molecule has 2 atom stereocenters. The Morgan fingerprint density at radius 2 is 1.83 bits per heavy atom. The molecule has 5 aromatic rings. The molecular formula is C40H40N6O5S. The van der Waals surface area contributed by atoms with E-state index in [0.717, 1.165) is 61.1 Å². The number of aliphatic hydroxyl groups is 1. The van der Waals surface area contributed by atoms with Gasteiger partial charge in [0.15, 0.2) is 5.58 Å². The van der Waals surface area contributed by atoms with Crippen LogP contribution in [0.3, 0.4) is 0 Å². The summed E-state index contributed by atoms with van der Waals surface area (Å²) in [6, 6.07) is 18.3. The van der Waals surface area contributed by atoms with E-state index in [9.17, 15) is 25.1 Å². The van der Waals surface area contributed by atoms with Crippen molar-refractivity contribution in [2.45, 2.75) is 58.7 Å². The van der Waals surface area contributed by atoms with Crippen LogP contribution < -0.4 is 5.32 Å². The number of amides is 1. The fourth-order valence-corrected chi connectivity index (χ4v) is 9.13. The number of β-amino-alcohol motifs (C(OH)–C–C–N with tert-alkyl or cyclic N) is 1. The van der Waals surface area contributed by atoms with E-state index in [2.05, 4.69) is 43.4 Å². The molecule has 0 saturated carbocycles. The van der Waals surface area contributed by atoms with Crippen molar-refractivity contribution in [2.24, 2.45) is 5.41 Å². The zero-order chi connectivity index (χ0) is 36.1. The van der Waals surface area contributed by atoms with Crippen LogP contribution in [0.15, 0.2) is 52.9 Å². The molecule has 0 spiro atoms. The van der Waals surface area contributed by atoms with Gasteiger partial charge in [0.25, 0.3) is 0 Å². The molecule has 2 aromatic heterocycles. The lowest BCUT2D eigenvalue weighted by Crippen LogP contribution is -2.37. The summed E-state index contributed by atoms with van der Waals surface area (Å²) in [5, 5.41) is 33.9. The third-order valence-corrected chi connectivity index (χ3v) is 12.2. The molecule has 0 bridgehead atoms. The summed E-state index contributed by atoms with van der Waals surface area (Å²) in [6.07, 6.45) is 1.95. The van der Waals surface area contributed by atoms with Crippen LogP contribution in [0.4, 0.5) is 0 Å². The second kappa shape index (κ2) is 13.6. The number of aromatic nitrogens is 2. The lowest BCUT2D eigenvalue weighted by molar-refractivity contribution is -0.148. The molecule has 3 N–H and O–H groups in total. The Labute approximate surface area is 305 Å². The van der Waals surface area contributed by atoms with E-state index in [1.165, 1.54) is 0 Å². The second-order valence-corrected chi connectivity index (χ2v) is 15.5. The number of nitrogens with zero attached hydrogens (tertiary/aromatic N) is 5. The number of oxazole rings is 1. The number of nitrogens with one attached hydrogen (secondary N) is 1. The molecule has 3 aromatic carbocycles. The molecule has 2 fully saturated rings. The summed E-state index contributed by atoms with van der Waals surface area (Å²) in [6.45, 7) is 7.98. The lowest BCUT2D eigenvalue weighted by atomic mass is 9.81. The van der Waals surface area contributed by atoms with Crippen LogP contribution in [0.5, 0.6) is 0 Å². The number of aryl methyl sites for hydroxylation is 1. The van der Waals surface area contributed by atoms with E-state index in [1.54, 1.807) is 17.4 Å². The van der Waals surface area contributed by atoms with Crippen LogP contribution >= 0.6 is 11.3 Å². The number of carbonyl (C=O) groups is 2. The summed E-state index contributed by atoms with van der Waals surface area (Å²) in [5.41, 5.74) is 8.47. The smallest absolute Gasteiger partial charge is 0.310 e. The fraction of sp³-hybridized carbons (Fsp3) is 0.375. The Morgan fingerprint density at radius 3 is 2.50 bits per heavy atom. The molecule has 266 valence electrons. The molecule has 0 aliphatic carbocycles. The summed E-state index contributed by atoms with van der Waals surface area (Å²) in [4.78, 5) is 39.9. The maximum Gasteiger partial charge on any atom is 0.310 e. The van der Waals surface area contributed by atoms with Gasteiger partial charge in [0.05, 0.1) is 42.4 Å². The number of aliphatic hydroxyl groups excluding tert-OH is 1. The second-order valence-electron chi connectivity index (χ2n) is 14.4. The minimum Gasteiger partial charge on any atom is -0.481 e. The van der Waals surface area contributed by atoms with Gasteiger partial charge in [0, 0.05) is 35.6 Å². The van der Waals surface area contributed by atoms with Crippen LogP contribution in [0, 0.1) is 30.6 Å². The van der Waals surface area contributed by atoms with E-state index in [0.29, 0.717) is 87.5 Å². The Bertz CT molecular complexity index is 2240. The molecule has 1 amide bonds. The van der Waals surface area contributed by atoms with Crippen LogP contribution in [-0.2, 0) is 29.1 Å². The molecule has 11 nitrogen and oxygen atoms in total. The summed E-state index contributed by atoms with van der Waals surface area (Å²) >= 11 is 1.64. The van der Waals surface area contributed by atoms with Gasteiger partial charge >= 0.3 is 5.97 Å². The number of thiazole rings is 1. The van der Waals surface area contributed by atoms with Gasteiger partial charge in [-0.3, -0.25) is 14.5 Å². The number of aliphatic carboxylic acids is 1. The molecule has 3 aliphatic rings. The Morgan fingerprint density at radius 1 is 1.08 bits per heavy atom. The Kier molecular flexibility index (Phi) is 8.91. The van der Waals surface area contributed by atoms with Crippen LogP contribution in [0.2, 0.25) is 0 Å². The summed E-state index contributed by atoms with van der Waals surface area (Å²) < 4.78 is 6.28. The summed E-state index contributed by atoms with van der Waals surface area (Å²) in [5.74, 6) is -0.288. The standard InChI is InChI=1S/C40H40N6O5S/c1-23-28(29-6-4-8-31(24(29)2)38-44-33-19-46(20-34(33)52-38)35(48)21-45-14-10-27(47)18-45)5-3-7-30(23)37-43-32-16-25(15-26(17-41)36(32)51-37)9-11-40(39(49)50)12-13-42-22-40/h3-8,15-16,27,42,47H,9-14,18-22H2,1-2H3,(H,49,50). The number of carboxylic acids is 1. The number of hydrogen-bond donors (Lipinski definition) is 3. The van der Waals surface area contributed by atoms with Crippen molar-refractivity contribution >= 4 is 34.3 Å². The van der Waals surface area contributed by atoms with Gasteiger partial charge in [-0.15, -0.1) is 11.3 Å². The van der Waals surface area contributed by atoms with E-state index in [1.807, 2.05) is 34.1 Å². The molecule has 2 saturated heterocycles. The third-order valence-electron chi connectivity index (χ3n) is 11.1. The van der Waals surface area contributed by atoms with Crippen molar-refractivity contribution in [2.75, 3.05) is 32.7 Å². The first-order chi connectivity index (χ1) is 25.1. The highest BCUT2D eigenvalue weighted by molar-refractivity contribution is 7.15. The molecule has 12 heteroatoms. The first kappa shape index (κ1) is 34.2. The van der Waals surface area contributed by atoms with Crippen molar-refractivity contribution in [3.63, 3.8) is 0 Å². The maximum absolute atomic E-state index is 13.0.